The second-order valence-electron chi connectivity index (χ2n) is 2.62. The van der Waals surface area contributed by atoms with Crippen LogP contribution in [0.5, 0.6) is 0 Å². The van der Waals surface area contributed by atoms with Crippen LogP contribution < -0.4 is 10.6 Å². The molecule has 0 aromatic heterocycles. The summed E-state index contributed by atoms with van der Waals surface area (Å²) in [6.07, 6.45) is 2.00. The van der Waals surface area contributed by atoms with Crippen LogP contribution in [-0.2, 0) is 14.3 Å². The number of rotatable bonds is 1. The Balaban J connectivity index is 2.69. The molecule has 0 saturated carbocycles. The molecule has 0 aliphatic carbocycles. The highest BCUT2D eigenvalue weighted by atomic mass is 16.5. The summed E-state index contributed by atoms with van der Waals surface area (Å²) in [5.41, 5.74) is 0.268. The van der Waals surface area contributed by atoms with Crippen molar-refractivity contribution in [3.8, 4) is 0 Å². The summed E-state index contributed by atoms with van der Waals surface area (Å²) >= 11 is 0. The molecule has 2 N–H and O–H groups in total. The van der Waals surface area contributed by atoms with Gasteiger partial charge in [0.1, 0.15) is 5.70 Å². The fraction of sp³-hybridized carbons (Fsp3) is 0.500. The number of methoxy groups -OCH3 is 1. The van der Waals surface area contributed by atoms with E-state index in [0.717, 1.165) is 12.5 Å². The Bertz CT molecular complexity index is 248. The highest BCUT2D eigenvalue weighted by Crippen LogP contribution is 1.95. The molecule has 0 atom stereocenters. The predicted molar refractivity (Wildman–Crippen MR) is 45.7 cm³/mol. The minimum atomic E-state index is -0.528. The molecule has 1 fully saturated rings. The summed E-state index contributed by atoms with van der Waals surface area (Å²) in [4.78, 5) is 22.0. The number of amides is 1. The standard InChI is InChI=1S/C8H12N2O3/c1-13-7(11)5-6-8(12)10-4-2-3-9-6/h5,9H,2-4H2,1H3,(H,10,12). The van der Waals surface area contributed by atoms with E-state index in [4.69, 9.17) is 0 Å². The van der Waals surface area contributed by atoms with Gasteiger partial charge >= 0.3 is 5.97 Å². The molecule has 72 valence electrons. The molecule has 0 aromatic carbocycles. The van der Waals surface area contributed by atoms with E-state index in [2.05, 4.69) is 15.4 Å². The van der Waals surface area contributed by atoms with Crippen molar-refractivity contribution in [2.24, 2.45) is 0 Å². The second kappa shape index (κ2) is 4.49. The fourth-order valence-electron chi connectivity index (χ4n) is 0.982. The van der Waals surface area contributed by atoms with Gasteiger partial charge in [-0.05, 0) is 6.42 Å². The summed E-state index contributed by atoms with van der Waals surface area (Å²) in [5, 5.41) is 5.49. The Morgan fingerprint density at radius 2 is 2.15 bits per heavy atom. The van der Waals surface area contributed by atoms with E-state index in [0.29, 0.717) is 13.1 Å². The molecule has 0 bridgehead atoms. The summed E-state index contributed by atoms with van der Waals surface area (Å²) in [6, 6.07) is 0. The van der Waals surface area contributed by atoms with Gasteiger partial charge in [-0.3, -0.25) is 4.79 Å². The third kappa shape index (κ3) is 2.77. The van der Waals surface area contributed by atoms with Gasteiger partial charge in [0.25, 0.3) is 5.91 Å². The van der Waals surface area contributed by atoms with E-state index in [1.54, 1.807) is 0 Å². The van der Waals surface area contributed by atoms with Crippen molar-refractivity contribution in [1.82, 2.24) is 10.6 Å². The highest BCUT2D eigenvalue weighted by Gasteiger charge is 2.13. The molecule has 1 saturated heterocycles. The maximum absolute atomic E-state index is 11.2. The van der Waals surface area contributed by atoms with Gasteiger partial charge in [0.15, 0.2) is 0 Å². The zero-order valence-electron chi connectivity index (χ0n) is 7.42. The average Bonchev–Trinajstić information content (AvgIpc) is 2.32. The maximum atomic E-state index is 11.2. The van der Waals surface area contributed by atoms with E-state index in [9.17, 15) is 9.59 Å². The smallest absolute Gasteiger partial charge is 0.332 e. The Hall–Kier alpha value is -1.52. The van der Waals surface area contributed by atoms with E-state index in [1.165, 1.54) is 7.11 Å². The molecular weight excluding hydrogens is 172 g/mol. The van der Waals surface area contributed by atoms with Crippen molar-refractivity contribution in [2.45, 2.75) is 6.42 Å². The van der Waals surface area contributed by atoms with E-state index < -0.39 is 5.97 Å². The molecule has 5 nitrogen and oxygen atoms in total. The fourth-order valence-corrected chi connectivity index (χ4v) is 0.982. The number of nitrogens with one attached hydrogen (secondary N) is 2. The van der Waals surface area contributed by atoms with Crippen LogP contribution in [0, 0.1) is 0 Å². The van der Waals surface area contributed by atoms with Crippen molar-refractivity contribution >= 4 is 11.9 Å². The van der Waals surface area contributed by atoms with Gasteiger partial charge in [-0.25, -0.2) is 4.79 Å². The molecule has 1 heterocycles. The molecule has 0 radical (unpaired) electrons. The molecule has 1 aliphatic rings. The Morgan fingerprint density at radius 1 is 1.46 bits per heavy atom. The number of carbonyl (C=O) groups excluding carboxylic acids is 2. The first-order valence-corrected chi connectivity index (χ1v) is 4.06. The first-order valence-electron chi connectivity index (χ1n) is 4.06. The molecule has 0 spiro atoms. The highest BCUT2D eigenvalue weighted by molar-refractivity contribution is 5.99. The van der Waals surface area contributed by atoms with Crippen LogP contribution in [0.25, 0.3) is 0 Å². The van der Waals surface area contributed by atoms with Crippen molar-refractivity contribution in [3.05, 3.63) is 11.8 Å². The molecule has 1 aliphatic heterocycles. The van der Waals surface area contributed by atoms with Crippen LogP contribution in [-0.4, -0.2) is 32.1 Å². The first kappa shape index (κ1) is 9.57. The van der Waals surface area contributed by atoms with E-state index in [-0.39, 0.29) is 11.6 Å². The van der Waals surface area contributed by atoms with Crippen LogP contribution in [0.1, 0.15) is 6.42 Å². The predicted octanol–water partition coefficient (Wildman–Crippen LogP) is -0.847. The molecule has 13 heavy (non-hydrogen) atoms. The number of hydrogen-bond donors (Lipinski definition) is 2. The number of carbonyl (C=O) groups is 2. The van der Waals surface area contributed by atoms with E-state index >= 15 is 0 Å². The van der Waals surface area contributed by atoms with Crippen molar-refractivity contribution in [1.29, 1.82) is 0 Å². The normalized spacial score (nSPS) is 20.1. The minimum absolute atomic E-state index is 0.261. The van der Waals surface area contributed by atoms with Crippen molar-refractivity contribution in [3.63, 3.8) is 0 Å². The largest absolute Gasteiger partial charge is 0.466 e. The van der Waals surface area contributed by atoms with Crippen LogP contribution in [0.2, 0.25) is 0 Å². The third-order valence-corrected chi connectivity index (χ3v) is 1.66. The topological polar surface area (TPSA) is 67.4 Å². The zero-order valence-corrected chi connectivity index (χ0v) is 7.42. The Labute approximate surface area is 76.1 Å². The monoisotopic (exact) mass is 184 g/mol. The number of esters is 1. The Morgan fingerprint density at radius 3 is 2.85 bits per heavy atom. The van der Waals surface area contributed by atoms with Crippen molar-refractivity contribution < 1.29 is 14.3 Å². The SMILES string of the molecule is COC(=O)C=C1NCCCNC1=O. The van der Waals surface area contributed by atoms with Crippen LogP contribution in [0.3, 0.4) is 0 Å². The quantitative estimate of drug-likeness (QED) is 0.411. The van der Waals surface area contributed by atoms with Gasteiger partial charge in [-0.1, -0.05) is 0 Å². The molecule has 1 rings (SSSR count). The minimum Gasteiger partial charge on any atom is -0.466 e. The van der Waals surface area contributed by atoms with Gasteiger partial charge in [-0.2, -0.15) is 0 Å². The average molecular weight is 184 g/mol. The lowest BCUT2D eigenvalue weighted by Crippen LogP contribution is -2.28. The maximum Gasteiger partial charge on any atom is 0.332 e. The molecule has 0 aromatic rings. The number of hydrogen-bond acceptors (Lipinski definition) is 4. The Kier molecular flexibility index (Phi) is 3.31. The summed E-state index contributed by atoms with van der Waals surface area (Å²) in [6.45, 7) is 1.31. The van der Waals surface area contributed by atoms with Gasteiger partial charge in [0, 0.05) is 13.1 Å². The van der Waals surface area contributed by atoms with Gasteiger partial charge in [0.2, 0.25) is 0 Å². The molecule has 1 amide bonds. The summed E-state index contributed by atoms with van der Waals surface area (Å²) < 4.78 is 4.41. The molecule has 5 heteroatoms. The second-order valence-corrected chi connectivity index (χ2v) is 2.62. The lowest BCUT2D eigenvalue weighted by Gasteiger charge is -2.03. The van der Waals surface area contributed by atoms with E-state index in [1.807, 2.05) is 0 Å². The molecular formula is C8H12N2O3. The van der Waals surface area contributed by atoms with Crippen LogP contribution >= 0.6 is 0 Å². The van der Waals surface area contributed by atoms with Gasteiger partial charge < -0.3 is 15.4 Å². The van der Waals surface area contributed by atoms with Crippen LogP contribution in [0.4, 0.5) is 0 Å². The number of ether oxygens (including phenoxy) is 1. The molecule has 0 unspecified atom stereocenters. The lowest BCUT2D eigenvalue weighted by atomic mass is 10.3. The lowest BCUT2D eigenvalue weighted by molar-refractivity contribution is -0.135. The summed E-state index contributed by atoms with van der Waals surface area (Å²) in [7, 11) is 1.27. The zero-order chi connectivity index (χ0) is 9.68. The third-order valence-electron chi connectivity index (χ3n) is 1.66. The first-order chi connectivity index (χ1) is 6.24. The van der Waals surface area contributed by atoms with Gasteiger partial charge in [0.05, 0.1) is 13.2 Å². The van der Waals surface area contributed by atoms with Gasteiger partial charge in [-0.15, -0.1) is 0 Å². The summed E-state index contributed by atoms with van der Waals surface area (Å²) in [5.74, 6) is -0.789. The van der Waals surface area contributed by atoms with Crippen LogP contribution in [0.15, 0.2) is 11.8 Å². The van der Waals surface area contributed by atoms with Crippen molar-refractivity contribution in [2.75, 3.05) is 20.2 Å².